The molecule has 2 aromatic carbocycles. The molecule has 0 amide bonds. The molecule has 0 saturated carbocycles. The van der Waals surface area contributed by atoms with Gasteiger partial charge in [0.1, 0.15) is 0 Å². The van der Waals surface area contributed by atoms with Crippen LogP contribution in [0.3, 0.4) is 0 Å². The predicted octanol–water partition coefficient (Wildman–Crippen LogP) is 3.16. The highest BCUT2D eigenvalue weighted by atomic mass is 16.6. The molecule has 1 aliphatic heterocycles. The quantitative estimate of drug-likeness (QED) is 0.360. The van der Waals surface area contributed by atoms with Gasteiger partial charge in [0, 0.05) is 23.3 Å². The van der Waals surface area contributed by atoms with Gasteiger partial charge in [0.25, 0.3) is 11.4 Å². The van der Waals surface area contributed by atoms with E-state index >= 15 is 0 Å². The van der Waals surface area contributed by atoms with Crippen molar-refractivity contribution in [2.24, 2.45) is 4.99 Å². The standard InChI is InChI=1S/C17H11N3O6/c1-10-8-12(6-7-14(10)19(22)23)16-18-13(17(21)26-16)9-11-4-2-3-5-15(11)20(24)25/h2-9H,1H3. The molecule has 0 radical (unpaired) electrons. The van der Waals surface area contributed by atoms with E-state index in [4.69, 9.17) is 4.74 Å². The first kappa shape index (κ1) is 17.0. The Hall–Kier alpha value is -3.88. The summed E-state index contributed by atoms with van der Waals surface area (Å²) in [5, 5.41) is 21.9. The molecule has 0 bridgehead atoms. The summed E-state index contributed by atoms with van der Waals surface area (Å²) in [7, 11) is 0. The first-order chi connectivity index (χ1) is 12.4. The van der Waals surface area contributed by atoms with Crippen LogP contribution >= 0.6 is 0 Å². The normalized spacial score (nSPS) is 14.9. The Morgan fingerprint density at radius 2 is 1.73 bits per heavy atom. The Morgan fingerprint density at radius 1 is 1.04 bits per heavy atom. The SMILES string of the molecule is Cc1cc(C2=NC(=Cc3ccccc3[N+](=O)[O-])C(=O)O2)ccc1[N+](=O)[O-]. The highest BCUT2D eigenvalue weighted by Gasteiger charge is 2.26. The lowest BCUT2D eigenvalue weighted by Crippen LogP contribution is -2.06. The number of esters is 1. The second-order valence-electron chi connectivity index (χ2n) is 5.41. The van der Waals surface area contributed by atoms with Crippen LogP contribution in [0, 0.1) is 27.2 Å². The fourth-order valence-electron chi connectivity index (χ4n) is 2.45. The van der Waals surface area contributed by atoms with Gasteiger partial charge in [-0.2, -0.15) is 0 Å². The molecule has 130 valence electrons. The van der Waals surface area contributed by atoms with E-state index < -0.39 is 15.8 Å². The molecule has 0 fully saturated rings. The van der Waals surface area contributed by atoms with Gasteiger partial charge in [-0.15, -0.1) is 0 Å². The maximum absolute atomic E-state index is 12.0. The van der Waals surface area contributed by atoms with E-state index in [0.717, 1.165) is 0 Å². The van der Waals surface area contributed by atoms with E-state index in [9.17, 15) is 25.0 Å². The van der Waals surface area contributed by atoms with Crippen LogP contribution in [0.4, 0.5) is 11.4 Å². The van der Waals surface area contributed by atoms with Crippen LogP contribution in [0.15, 0.2) is 53.2 Å². The van der Waals surface area contributed by atoms with E-state index in [1.807, 2.05) is 0 Å². The molecule has 9 heteroatoms. The molecule has 26 heavy (non-hydrogen) atoms. The molecule has 1 aliphatic rings. The fourth-order valence-corrected chi connectivity index (χ4v) is 2.45. The average Bonchev–Trinajstić information content (AvgIpc) is 2.95. The monoisotopic (exact) mass is 353 g/mol. The van der Waals surface area contributed by atoms with Crippen molar-refractivity contribution in [1.82, 2.24) is 0 Å². The number of carbonyl (C=O) groups excluding carboxylic acids is 1. The maximum Gasteiger partial charge on any atom is 0.363 e. The minimum atomic E-state index is -0.755. The summed E-state index contributed by atoms with van der Waals surface area (Å²) in [5.74, 6) is -0.771. The molecule has 3 rings (SSSR count). The van der Waals surface area contributed by atoms with Gasteiger partial charge in [0.2, 0.25) is 5.90 Å². The molecular weight excluding hydrogens is 342 g/mol. The number of hydrogen-bond donors (Lipinski definition) is 0. The Balaban J connectivity index is 1.99. The summed E-state index contributed by atoms with van der Waals surface area (Å²) in [4.78, 5) is 36.9. The number of ether oxygens (including phenoxy) is 1. The number of aliphatic imine (C=N–C) groups is 1. The minimum Gasteiger partial charge on any atom is -0.402 e. The van der Waals surface area contributed by atoms with Crippen molar-refractivity contribution in [3.63, 3.8) is 0 Å². The number of cyclic esters (lactones) is 1. The molecule has 1 heterocycles. The molecule has 0 atom stereocenters. The highest BCUT2D eigenvalue weighted by Crippen LogP contribution is 2.26. The van der Waals surface area contributed by atoms with Gasteiger partial charge in [-0.05, 0) is 31.2 Å². The Labute approximate surface area is 146 Å². The van der Waals surface area contributed by atoms with E-state index in [1.54, 1.807) is 13.0 Å². The third kappa shape index (κ3) is 3.18. The van der Waals surface area contributed by atoms with Crippen molar-refractivity contribution < 1.29 is 19.4 Å². The summed E-state index contributed by atoms with van der Waals surface area (Å²) < 4.78 is 5.09. The van der Waals surface area contributed by atoms with Crippen molar-refractivity contribution in [2.45, 2.75) is 6.92 Å². The topological polar surface area (TPSA) is 125 Å². The van der Waals surface area contributed by atoms with Crippen LogP contribution in [0.25, 0.3) is 6.08 Å². The smallest absolute Gasteiger partial charge is 0.363 e. The summed E-state index contributed by atoms with van der Waals surface area (Å²) >= 11 is 0. The van der Waals surface area contributed by atoms with Crippen LogP contribution < -0.4 is 0 Å². The van der Waals surface area contributed by atoms with Crippen LogP contribution in [0.1, 0.15) is 16.7 Å². The first-order valence-electron chi connectivity index (χ1n) is 7.38. The van der Waals surface area contributed by atoms with Gasteiger partial charge < -0.3 is 4.74 Å². The zero-order valence-electron chi connectivity index (χ0n) is 13.4. The molecular formula is C17H11N3O6. The van der Waals surface area contributed by atoms with Crippen molar-refractivity contribution in [3.8, 4) is 0 Å². The number of aryl methyl sites for hydroxylation is 1. The second kappa shape index (κ2) is 6.55. The summed E-state index contributed by atoms with van der Waals surface area (Å²) in [6.07, 6.45) is 1.27. The van der Waals surface area contributed by atoms with Crippen molar-refractivity contribution in [2.75, 3.05) is 0 Å². The Bertz CT molecular complexity index is 1010. The number of carbonyl (C=O) groups is 1. The average molecular weight is 353 g/mol. The lowest BCUT2D eigenvalue weighted by atomic mass is 10.1. The number of nitrogens with zero attached hydrogens (tertiary/aromatic N) is 3. The molecule has 0 unspecified atom stereocenters. The van der Waals surface area contributed by atoms with Crippen molar-refractivity contribution in [1.29, 1.82) is 0 Å². The van der Waals surface area contributed by atoms with E-state index in [2.05, 4.69) is 4.99 Å². The van der Waals surface area contributed by atoms with Crippen LogP contribution in [0.2, 0.25) is 0 Å². The Kier molecular flexibility index (Phi) is 4.27. The summed E-state index contributed by atoms with van der Waals surface area (Å²) in [5.41, 5.74) is 0.686. The number of para-hydroxylation sites is 1. The summed E-state index contributed by atoms with van der Waals surface area (Å²) in [6.45, 7) is 1.56. The third-order valence-corrected chi connectivity index (χ3v) is 3.69. The number of nitro benzene ring substituents is 2. The zero-order valence-corrected chi connectivity index (χ0v) is 13.4. The third-order valence-electron chi connectivity index (χ3n) is 3.69. The molecule has 0 spiro atoms. The number of rotatable bonds is 4. The van der Waals surface area contributed by atoms with Gasteiger partial charge in [-0.1, -0.05) is 12.1 Å². The zero-order chi connectivity index (χ0) is 18.8. The summed E-state index contributed by atoms with van der Waals surface area (Å²) in [6, 6.07) is 10.1. The lowest BCUT2D eigenvalue weighted by molar-refractivity contribution is -0.385. The van der Waals surface area contributed by atoms with Gasteiger partial charge in [-0.25, -0.2) is 9.79 Å². The van der Waals surface area contributed by atoms with Gasteiger partial charge in [0.15, 0.2) is 5.70 Å². The molecule has 2 aromatic rings. The minimum absolute atomic E-state index is 0.0159. The van der Waals surface area contributed by atoms with Crippen LogP contribution in [-0.4, -0.2) is 21.7 Å². The van der Waals surface area contributed by atoms with E-state index in [0.29, 0.717) is 11.1 Å². The Morgan fingerprint density at radius 3 is 2.38 bits per heavy atom. The highest BCUT2D eigenvalue weighted by molar-refractivity contribution is 6.13. The van der Waals surface area contributed by atoms with E-state index in [-0.39, 0.29) is 28.5 Å². The number of nitro groups is 2. The second-order valence-corrected chi connectivity index (χ2v) is 5.41. The lowest BCUT2D eigenvalue weighted by Gasteiger charge is -2.01. The largest absolute Gasteiger partial charge is 0.402 e. The van der Waals surface area contributed by atoms with Gasteiger partial charge in [0.05, 0.1) is 15.4 Å². The van der Waals surface area contributed by atoms with Crippen LogP contribution in [-0.2, 0) is 9.53 Å². The predicted molar refractivity (Wildman–Crippen MR) is 91.5 cm³/mol. The maximum atomic E-state index is 12.0. The van der Waals surface area contributed by atoms with Gasteiger partial charge in [-0.3, -0.25) is 20.2 Å². The van der Waals surface area contributed by atoms with Crippen molar-refractivity contribution >= 4 is 29.3 Å². The molecule has 0 N–H and O–H groups in total. The van der Waals surface area contributed by atoms with Crippen LogP contribution in [0.5, 0.6) is 0 Å². The van der Waals surface area contributed by atoms with E-state index in [1.165, 1.54) is 42.5 Å². The first-order valence-corrected chi connectivity index (χ1v) is 7.38. The van der Waals surface area contributed by atoms with Crippen molar-refractivity contribution in [3.05, 3.63) is 85.1 Å². The molecule has 9 nitrogen and oxygen atoms in total. The molecule has 0 aliphatic carbocycles. The van der Waals surface area contributed by atoms with Gasteiger partial charge >= 0.3 is 5.97 Å². The molecule has 0 saturated heterocycles. The fraction of sp³-hybridized carbons (Fsp3) is 0.0588. The molecule has 0 aromatic heterocycles. The number of hydrogen-bond acceptors (Lipinski definition) is 7. The number of benzene rings is 2.